The molecule has 0 bridgehead atoms. The van der Waals surface area contributed by atoms with E-state index in [9.17, 15) is 27.9 Å². The number of carboxylic acids is 1. The van der Waals surface area contributed by atoms with Crippen LogP contribution in [0.15, 0.2) is 82.6 Å². The van der Waals surface area contributed by atoms with E-state index in [0.29, 0.717) is 42.9 Å². The van der Waals surface area contributed by atoms with Crippen LogP contribution in [-0.2, 0) is 37.2 Å². The smallest absolute Gasteiger partial charge is 0.322 e. The van der Waals surface area contributed by atoms with Crippen LogP contribution >= 0.6 is 11.8 Å². The third-order valence-corrected chi connectivity index (χ3v) is 11.5. The van der Waals surface area contributed by atoms with Crippen LogP contribution in [-0.4, -0.2) is 80.8 Å². The molecule has 0 aliphatic carbocycles. The summed E-state index contributed by atoms with van der Waals surface area (Å²) in [6.45, 7) is 1.94. The number of thioether (sulfide) groups is 1. The number of sulfone groups is 1. The van der Waals surface area contributed by atoms with Crippen LogP contribution in [0.5, 0.6) is 5.75 Å². The first kappa shape index (κ1) is 38.7. The van der Waals surface area contributed by atoms with Gasteiger partial charge in [-0.15, -0.1) is 11.8 Å². The Hall–Kier alpha value is -4.07. The van der Waals surface area contributed by atoms with Gasteiger partial charge < -0.3 is 30.5 Å². The van der Waals surface area contributed by atoms with Crippen LogP contribution in [0.2, 0.25) is 0 Å². The number of carboxylic acid groups (broad SMARTS) is 1. The number of fused-ring (bicyclic) bond motifs is 1. The van der Waals surface area contributed by atoms with Crippen LogP contribution in [0.25, 0.3) is 0 Å². The Morgan fingerprint density at radius 3 is 2.28 bits per heavy atom. The van der Waals surface area contributed by atoms with E-state index in [1.54, 1.807) is 24.3 Å². The highest BCUT2D eigenvalue weighted by Crippen LogP contribution is 2.46. The van der Waals surface area contributed by atoms with E-state index in [4.69, 9.17) is 9.84 Å². The van der Waals surface area contributed by atoms with Crippen molar-refractivity contribution >= 4 is 45.1 Å². The molecule has 0 fully saturated rings. The van der Waals surface area contributed by atoms with Gasteiger partial charge in [-0.05, 0) is 42.7 Å². The molecular weight excluding hydrogens is 679 g/mol. The van der Waals surface area contributed by atoms with Crippen molar-refractivity contribution in [2.24, 2.45) is 5.41 Å². The number of benzene rings is 3. The second kappa shape index (κ2) is 18.2. The molecule has 1 aliphatic rings. The Balaban J connectivity index is 1.65. The number of rotatable bonds is 18. The van der Waals surface area contributed by atoms with E-state index in [1.807, 2.05) is 48.7 Å². The summed E-state index contributed by atoms with van der Waals surface area (Å²) in [6.07, 6.45) is 5.49. The van der Waals surface area contributed by atoms with Gasteiger partial charge >= 0.3 is 5.97 Å². The highest BCUT2D eigenvalue weighted by Gasteiger charge is 2.42. The maximum atomic E-state index is 14.3. The SMILES string of the molecule is CCCCC1(CCCO)CN(Cc2ccccc2)c2cc(SC)c(OCC(=O)NC(Cc3ccccc3)C(=O)NCC(=O)O)cc2S(=O)(=O)C1. The fourth-order valence-electron chi connectivity index (χ4n) is 6.42. The van der Waals surface area contributed by atoms with Crippen LogP contribution in [0.1, 0.15) is 50.2 Å². The van der Waals surface area contributed by atoms with Gasteiger partial charge in [-0.1, -0.05) is 80.4 Å². The lowest BCUT2D eigenvalue weighted by atomic mass is 9.79. The molecule has 0 radical (unpaired) electrons. The Morgan fingerprint density at radius 2 is 1.66 bits per heavy atom. The molecule has 3 aromatic rings. The van der Waals surface area contributed by atoms with Gasteiger partial charge in [0.15, 0.2) is 16.4 Å². The minimum atomic E-state index is -3.85. The predicted molar refractivity (Wildman–Crippen MR) is 194 cm³/mol. The first-order valence-electron chi connectivity index (χ1n) is 16.8. The van der Waals surface area contributed by atoms with Gasteiger partial charge in [-0.25, -0.2) is 8.42 Å². The third-order valence-electron chi connectivity index (χ3n) is 8.79. The summed E-state index contributed by atoms with van der Waals surface area (Å²) >= 11 is 1.36. The molecule has 1 heterocycles. The lowest BCUT2D eigenvalue weighted by Gasteiger charge is -2.37. The normalized spacial score (nSPS) is 17.2. The average molecular weight is 726 g/mol. The first-order valence-corrected chi connectivity index (χ1v) is 19.7. The number of anilines is 1. The molecule has 0 spiro atoms. The van der Waals surface area contributed by atoms with Crippen molar-refractivity contribution < 1.29 is 37.8 Å². The highest BCUT2D eigenvalue weighted by atomic mass is 32.2. The molecule has 0 aromatic heterocycles. The second-order valence-corrected chi connectivity index (χ2v) is 15.5. The molecule has 2 atom stereocenters. The summed E-state index contributed by atoms with van der Waals surface area (Å²) in [6, 6.07) is 21.1. The second-order valence-electron chi connectivity index (χ2n) is 12.7. The van der Waals surface area contributed by atoms with Crippen LogP contribution in [0.4, 0.5) is 5.69 Å². The summed E-state index contributed by atoms with van der Waals surface area (Å²) in [5.41, 5.74) is 1.78. The average Bonchev–Trinajstić information content (AvgIpc) is 3.19. The van der Waals surface area contributed by atoms with Crippen molar-refractivity contribution in [3.05, 3.63) is 83.9 Å². The number of hydrogen-bond acceptors (Lipinski definition) is 9. The van der Waals surface area contributed by atoms with Crippen molar-refractivity contribution in [1.82, 2.24) is 10.6 Å². The fourth-order valence-corrected chi connectivity index (χ4v) is 9.10. The van der Waals surface area contributed by atoms with E-state index in [0.717, 1.165) is 24.0 Å². The van der Waals surface area contributed by atoms with Crippen molar-refractivity contribution in [3.63, 3.8) is 0 Å². The zero-order valence-electron chi connectivity index (χ0n) is 28.6. The summed E-state index contributed by atoms with van der Waals surface area (Å²) < 4.78 is 34.6. The molecule has 11 nitrogen and oxygen atoms in total. The maximum absolute atomic E-state index is 14.3. The van der Waals surface area contributed by atoms with Gasteiger partial charge in [0.1, 0.15) is 18.3 Å². The fraction of sp³-hybridized carbons (Fsp3) is 0.432. The number of aliphatic hydroxyl groups excluding tert-OH is 1. The van der Waals surface area contributed by atoms with Crippen molar-refractivity contribution in [2.75, 3.05) is 43.2 Å². The molecule has 2 amide bonds. The molecule has 3 aromatic carbocycles. The van der Waals surface area contributed by atoms with Gasteiger partial charge in [-0.2, -0.15) is 0 Å². The maximum Gasteiger partial charge on any atom is 0.322 e. The molecule has 0 saturated carbocycles. The van der Waals surface area contributed by atoms with Crippen LogP contribution in [0.3, 0.4) is 0 Å². The first-order chi connectivity index (χ1) is 24.0. The molecule has 2 unspecified atom stereocenters. The van der Waals surface area contributed by atoms with Gasteiger partial charge in [0, 0.05) is 37.6 Å². The van der Waals surface area contributed by atoms with Gasteiger partial charge in [-0.3, -0.25) is 14.4 Å². The lowest BCUT2D eigenvalue weighted by molar-refractivity contribution is -0.138. The van der Waals surface area contributed by atoms with Crippen LogP contribution in [0, 0.1) is 5.41 Å². The molecule has 13 heteroatoms. The number of nitrogens with zero attached hydrogens (tertiary/aromatic N) is 1. The largest absolute Gasteiger partial charge is 0.483 e. The summed E-state index contributed by atoms with van der Waals surface area (Å²) in [7, 11) is -3.85. The molecule has 1 aliphatic heterocycles. The Labute approximate surface area is 298 Å². The number of carbonyl (C=O) groups is 3. The van der Waals surface area contributed by atoms with Gasteiger partial charge in [0.05, 0.1) is 21.2 Å². The van der Waals surface area contributed by atoms with E-state index >= 15 is 0 Å². The number of nitrogens with one attached hydrogen (secondary N) is 2. The standard InChI is InChI=1S/C37H47N3O8S2/c1-3-4-16-37(17-11-18-41)25-40(23-28-14-9-6-10-15-28)30-20-32(49-2)31(21-33(30)50(46,47)26-37)48-24-34(42)39-29(36(45)38-22-35(43)44)19-27-12-7-5-8-13-27/h5-10,12-15,20-21,29,41H,3-4,11,16-19,22-26H2,1-2H3,(H,38,45)(H,39,42)(H,43,44). The van der Waals surface area contributed by atoms with Gasteiger partial charge in [0.2, 0.25) is 5.91 Å². The molecule has 4 N–H and O–H groups in total. The highest BCUT2D eigenvalue weighted by molar-refractivity contribution is 7.98. The van der Waals surface area contributed by atoms with E-state index in [2.05, 4.69) is 22.5 Å². The molecule has 50 heavy (non-hydrogen) atoms. The van der Waals surface area contributed by atoms with Gasteiger partial charge in [0.25, 0.3) is 5.91 Å². The Bertz CT molecular complexity index is 1700. The van der Waals surface area contributed by atoms with E-state index in [-0.39, 0.29) is 29.4 Å². The van der Waals surface area contributed by atoms with Crippen molar-refractivity contribution in [1.29, 1.82) is 0 Å². The molecule has 270 valence electrons. The predicted octanol–water partition coefficient (Wildman–Crippen LogP) is 4.46. The quantitative estimate of drug-likeness (QED) is 0.138. The molecule has 4 rings (SSSR count). The number of hydrogen-bond donors (Lipinski definition) is 4. The third kappa shape index (κ3) is 10.7. The number of ether oxygens (including phenoxy) is 1. The minimum absolute atomic E-state index is 0.0242. The van der Waals surface area contributed by atoms with E-state index in [1.165, 1.54) is 17.8 Å². The number of aliphatic carboxylic acids is 1. The number of unbranched alkanes of at least 4 members (excludes halogenated alkanes) is 1. The summed E-state index contributed by atoms with van der Waals surface area (Å²) in [4.78, 5) is 40.0. The zero-order valence-corrected chi connectivity index (χ0v) is 30.2. The Morgan fingerprint density at radius 1 is 1.00 bits per heavy atom. The zero-order chi connectivity index (χ0) is 36.1. The number of amides is 2. The number of aliphatic hydroxyl groups is 1. The summed E-state index contributed by atoms with van der Waals surface area (Å²) in [5, 5.41) is 23.8. The van der Waals surface area contributed by atoms with Crippen molar-refractivity contribution in [3.8, 4) is 5.75 Å². The minimum Gasteiger partial charge on any atom is -0.483 e. The molecular formula is C37H47N3O8S2. The van der Waals surface area contributed by atoms with E-state index < -0.39 is 52.2 Å². The topological polar surface area (TPSA) is 162 Å². The van der Waals surface area contributed by atoms with Crippen molar-refractivity contribution in [2.45, 2.75) is 67.8 Å². The van der Waals surface area contributed by atoms with Crippen LogP contribution < -0.4 is 20.3 Å². The summed E-state index contributed by atoms with van der Waals surface area (Å²) in [5.74, 6) is -2.36. The number of carbonyl (C=O) groups excluding carboxylic acids is 2. The monoisotopic (exact) mass is 725 g/mol. The Kier molecular flexibility index (Phi) is 14.1. The molecule has 0 saturated heterocycles. The lowest BCUT2D eigenvalue weighted by Crippen LogP contribution is -2.50.